The zero-order valence-electron chi connectivity index (χ0n) is 13.3. The average molecular weight is 301 g/mol. The highest BCUT2D eigenvalue weighted by Crippen LogP contribution is 2.02. The third-order valence-corrected chi connectivity index (χ3v) is 3.04. The number of aryl methyl sites for hydroxylation is 2. The topological polar surface area (TPSA) is 15.3 Å². The van der Waals surface area contributed by atoms with Crippen molar-refractivity contribution in [2.45, 2.75) is 39.7 Å². The molecule has 0 amide bonds. The molecule has 0 spiro atoms. The molecule has 0 atom stereocenters. The summed E-state index contributed by atoms with van der Waals surface area (Å²) in [5, 5.41) is 0. The highest BCUT2D eigenvalue weighted by atomic mass is 35.5. The van der Waals surface area contributed by atoms with E-state index >= 15 is 0 Å². The van der Waals surface area contributed by atoms with Crippen LogP contribution < -0.4 is 17.0 Å². The fourth-order valence-electron chi connectivity index (χ4n) is 2.00. The highest BCUT2D eigenvalue weighted by molar-refractivity contribution is 4.87. The first-order valence-corrected chi connectivity index (χ1v) is 7.29. The molecule has 1 aliphatic heterocycles. The highest BCUT2D eigenvalue weighted by Gasteiger charge is 2.04. The van der Waals surface area contributed by atoms with Crippen LogP contribution in [-0.2, 0) is 13.6 Å². The number of imidazole rings is 1. The minimum absolute atomic E-state index is 0. The quantitative estimate of drug-likeness (QED) is 0.661. The summed E-state index contributed by atoms with van der Waals surface area (Å²) in [6, 6.07) is 0. The van der Waals surface area contributed by atoms with Gasteiger partial charge in [0.05, 0.1) is 20.3 Å². The molecule has 0 aliphatic carbocycles. The zero-order valence-corrected chi connectivity index (χ0v) is 14.1. The lowest BCUT2D eigenvalue weighted by molar-refractivity contribution is -0.671. The molecule has 1 aromatic heterocycles. The monoisotopic (exact) mass is 300 g/mol. The summed E-state index contributed by atoms with van der Waals surface area (Å²) in [6.07, 6.45) is 14.3. The summed E-state index contributed by atoms with van der Waals surface area (Å²) < 4.78 is 4.28. The molecule has 2 rings (SSSR count). The molecule has 0 fully saturated rings. The van der Waals surface area contributed by atoms with E-state index in [1.807, 2.05) is 7.05 Å². The van der Waals surface area contributed by atoms with Crippen molar-refractivity contribution in [3.05, 3.63) is 31.1 Å². The lowest BCUT2D eigenvalue weighted by Gasteiger charge is -2.16. The molecule has 116 valence electrons. The van der Waals surface area contributed by atoms with E-state index in [9.17, 15) is 0 Å². The molecule has 1 aliphatic rings. The standard InChI is InChI=1S/C8H15N2.C7H14N2.ClH/c1-3-4-5-10-7-6-9(2)8-10;1-3-4-9-6-5-8(2)7-9;/h6-8H,3-5H2,1-2H3;5-6H,3-4,7H2,1-2H3;1H/q+1;;/p-1. The molecular formula is C15H29ClN4. The normalized spacial score (nSPS) is 13.0. The number of unbranched alkanes of at least 4 members (excludes halogenated alkanes) is 1. The predicted octanol–water partition coefficient (Wildman–Crippen LogP) is -0.811. The molecule has 0 radical (unpaired) electrons. The van der Waals surface area contributed by atoms with Crippen molar-refractivity contribution in [3.63, 3.8) is 0 Å². The summed E-state index contributed by atoms with van der Waals surface area (Å²) in [5.74, 6) is 0. The average Bonchev–Trinajstić information content (AvgIpc) is 2.97. The van der Waals surface area contributed by atoms with Crippen molar-refractivity contribution >= 4 is 0 Å². The van der Waals surface area contributed by atoms with Gasteiger partial charge in [-0.25, -0.2) is 9.13 Å². The van der Waals surface area contributed by atoms with E-state index in [0.29, 0.717) is 0 Å². The minimum atomic E-state index is 0. The molecule has 0 saturated carbocycles. The van der Waals surface area contributed by atoms with Crippen LogP contribution in [0.5, 0.6) is 0 Å². The van der Waals surface area contributed by atoms with Gasteiger partial charge >= 0.3 is 0 Å². The molecule has 1 aromatic rings. The van der Waals surface area contributed by atoms with Gasteiger partial charge in [-0.1, -0.05) is 20.3 Å². The van der Waals surface area contributed by atoms with Crippen LogP contribution in [0.2, 0.25) is 0 Å². The van der Waals surface area contributed by atoms with Crippen molar-refractivity contribution < 1.29 is 17.0 Å². The van der Waals surface area contributed by atoms with E-state index < -0.39 is 0 Å². The van der Waals surface area contributed by atoms with Crippen LogP contribution in [0.1, 0.15) is 33.1 Å². The lowest BCUT2D eigenvalue weighted by atomic mass is 10.3. The van der Waals surface area contributed by atoms with E-state index in [1.165, 1.54) is 25.8 Å². The Labute approximate surface area is 130 Å². The van der Waals surface area contributed by atoms with Gasteiger partial charge in [-0.05, 0) is 12.8 Å². The van der Waals surface area contributed by atoms with Crippen LogP contribution in [0.4, 0.5) is 0 Å². The second-order valence-electron chi connectivity index (χ2n) is 5.18. The van der Waals surface area contributed by atoms with Gasteiger partial charge in [0.25, 0.3) is 0 Å². The fourth-order valence-corrected chi connectivity index (χ4v) is 2.00. The number of rotatable bonds is 5. The maximum atomic E-state index is 2.31. The van der Waals surface area contributed by atoms with Gasteiger partial charge in [-0.3, -0.25) is 0 Å². The van der Waals surface area contributed by atoms with E-state index in [2.05, 4.69) is 71.0 Å². The number of hydrogen-bond acceptors (Lipinski definition) is 2. The summed E-state index contributed by atoms with van der Waals surface area (Å²) in [4.78, 5) is 4.48. The summed E-state index contributed by atoms with van der Waals surface area (Å²) >= 11 is 0. The molecule has 20 heavy (non-hydrogen) atoms. The van der Waals surface area contributed by atoms with Crippen molar-refractivity contribution in [2.75, 3.05) is 20.3 Å². The first-order valence-electron chi connectivity index (χ1n) is 7.29. The summed E-state index contributed by atoms with van der Waals surface area (Å²) in [7, 11) is 4.13. The fraction of sp³-hybridized carbons (Fsp3) is 0.667. The van der Waals surface area contributed by atoms with Crippen molar-refractivity contribution in [1.29, 1.82) is 0 Å². The first-order chi connectivity index (χ1) is 9.15. The molecule has 2 heterocycles. The Morgan fingerprint density at radius 2 is 1.85 bits per heavy atom. The van der Waals surface area contributed by atoms with Crippen LogP contribution >= 0.6 is 0 Å². The molecule has 0 bridgehead atoms. The molecule has 0 unspecified atom stereocenters. The van der Waals surface area contributed by atoms with E-state index in [1.54, 1.807) is 0 Å². The van der Waals surface area contributed by atoms with Crippen molar-refractivity contribution in [2.24, 2.45) is 7.05 Å². The molecular weight excluding hydrogens is 272 g/mol. The van der Waals surface area contributed by atoms with Gasteiger partial charge in [-0.15, -0.1) is 0 Å². The predicted molar refractivity (Wildman–Crippen MR) is 79.3 cm³/mol. The Morgan fingerprint density at radius 1 is 1.10 bits per heavy atom. The number of nitrogens with zero attached hydrogens (tertiary/aromatic N) is 4. The molecule has 5 heteroatoms. The Kier molecular flexibility index (Phi) is 9.99. The van der Waals surface area contributed by atoms with E-state index in [0.717, 1.165) is 13.2 Å². The van der Waals surface area contributed by atoms with Crippen LogP contribution in [0, 0.1) is 0 Å². The molecule has 0 saturated heterocycles. The minimum Gasteiger partial charge on any atom is -1.00 e. The van der Waals surface area contributed by atoms with Gasteiger partial charge < -0.3 is 22.2 Å². The van der Waals surface area contributed by atoms with Gasteiger partial charge in [0.15, 0.2) is 0 Å². The van der Waals surface area contributed by atoms with Gasteiger partial charge in [-0.2, -0.15) is 0 Å². The number of hydrogen-bond donors (Lipinski definition) is 0. The molecule has 4 nitrogen and oxygen atoms in total. The smallest absolute Gasteiger partial charge is 0.243 e. The third kappa shape index (κ3) is 7.43. The zero-order chi connectivity index (χ0) is 14.1. The Balaban J connectivity index is 0.000000345. The van der Waals surface area contributed by atoms with E-state index in [4.69, 9.17) is 0 Å². The van der Waals surface area contributed by atoms with Crippen LogP contribution in [0.25, 0.3) is 0 Å². The third-order valence-electron chi connectivity index (χ3n) is 3.04. The van der Waals surface area contributed by atoms with Gasteiger partial charge in [0.2, 0.25) is 6.33 Å². The van der Waals surface area contributed by atoms with Crippen LogP contribution in [0.15, 0.2) is 31.1 Å². The second-order valence-corrected chi connectivity index (χ2v) is 5.18. The van der Waals surface area contributed by atoms with E-state index in [-0.39, 0.29) is 12.4 Å². The largest absolute Gasteiger partial charge is 1.00 e. The van der Waals surface area contributed by atoms with Crippen LogP contribution in [0.3, 0.4) is 0 Å². The summed E-state index contributed by atoms with van der Waals surface area (Å²) in [5.41, 5.74) is 0. The Bertz CT molecular complexity index is 376. The maximum Gasteiger partial charge on any atom is 0.243 e. The maximum absolute atomic E-state index is 2.31. The van der Waals surface area contributed by atoms with Gasteiger partial charge in [0.1, 0.15) is 12.4 Å². The van der Waals surface area contributed by atoms with Crippen molar-refractivity contribution in [3.8, 4) is 0 Å². The molecule has 0 N–H and O–H groups in total. The van der Waals surface area contributed by atoms with Crippen LogP contribution in [-0.4, -0.2) is 34.6 Å². The Hall–Kier alpha value is -1.16. The summed E-state index contributed by atoms with van der Waals surface area (Å²) in [6.45, 7) is 7.81. The van der Waals surface area contributed by atoms with Gasteiger partial charge in [0, 0.05) is 26.0 Å². The number of aromatic nitrogens is 2. The van der Waals surface area contributed by atoms with Crippen molar-refractivity contribution in [1.82, 2.24) is 14.4 Å². The SMILES string of the molecule is CCCCn1cc[n+](C)c1.CCCN1C=CN(C)C1.[Cl-]. The number of halogens is 1. The molecule has 0 aromatic carbocycles. The Morgan fingerprint density at radius 3 is 2.30 bits per heavy atom. The lowest BCUT2D eigenvalue weighted by Crippen LogP contribution is -3.00. The first kappa shape index (κ1) is 18.8. The second kappa shape index (κ2) is 10.6.